The molecule has 0 radical (unpaired) electrons. The molecule has 1 aliphatic carbocycles. The van der Waals surface area contributed by atoms with Gasteiger partial charge in [-0.3, -0.25) is 4.99 Å². The minimum absolute atomic E-state index is 0. The van der Waals surface area contributed by atoms with Crippen LogP contribution in [0.15, 0.2) is 11.2 Å². The zero-order valence-electron chi connectivity index (χ0n) is 13.5. The van der Waals surface area contributed by atoms with Crippen LogP contribution in [0.4, 0.5) is 0 Å². The normalized spacial score (nSPS) is 19.2. The van der Waals surface area contributed by atoms with Gasteiger partial charge in [0.2, 0.25) is 0 Å². The highest BCUT2D eigenvalue weighted by Crippen LogP contribution is 2.17. The van der Waals surface area contributed by atoms with Crippen LogP contribution in [0.1, 0.15) is 56.5 Å². The fraction of sp³-hybridized carbons (Fsp3) is 0.750. The van der Waals surface area contributed by atoms with Crippen molar-refractivity contribution in [3.05, 3.63) is 17.7 Å². The maximum absolute atomic E-state index is 4.72. The van der Waals surface area contributed by atoms with E-state index >= 15 is 0 Å². The predicted molar refractivity (Wildman–Crippen MR) is 101 cm³/mol. The number of hydrogen-bond donors (Lipinski definition) is 2. The Bertz CT molecular complexity index is 467. The average Bonchev–Trinajstić information content (AvgIpc) is 2.95. The summed E-state index contributed by atoms with van der Waals surface area (Å²) in [7, 11) is 1.84. The fourth-order valence-corrected chi connectivity index (χ4v) is 3.37. The number of imidazole rings is 1. The van der Waals surface area contributed by atoms with Gasteiger partial charge in [-0.1, -0.05) is 19.3 Å². The van der Waals surface area contributed by atoms with Gasteiger partial charge in [0.05, 0.1) is 12.2 Å². The molecule has 0 amide bonds. The Labute approximate surface area is 150 Å². The Hall–Kier alpha value is -0.790. The van der Waals surface area contributed by atoms with Gasteiger partial charge in [0, 0.05) is 32.3 Å². The van der Waals surface area contributed by atoms with E-state index in [9.17, 15) is 0 Å². The highest BCUT2D eigenvalue weighted by atomic mass is 127. The lowest BCUT2D eigenvalue weighted by Gasteiger charge is -2.24. The summed E-state index contributed by atoms with van der Waals surface area (Å²) in [5, 5.41) is 6.95. The molecule has 0 aromatic carbocycles. The summed E-state index contributed by atoms with van der Waals surface area (Å²) in [6.45, 7) is 1.88. The Kier molecular flexibility index (Phi) is 6.98. The number of rotatable bonds is 3. The van der Waals surface area contributed by atoms with Crippen LogP contribution in [-0.2, 0) is 19.5 Å². The summed E-state index contributed by atoms with van der Waals surface area (Å²) in [6.07, 6.45) is 12.4. The molecule has 124 valence electrons. The van der Waals surface area contributed by atoms with E-state index in [1.807, 2.05) is 7.05 Å². The quantitative estimate of drug-likeness (QED) is 0.452. The number of aliphatic imine (C=N–C) groups is 1. The first-order chi connectivity index (χ1) is 10.3. The van der Waals surface area contributed by atoms with Gasteiger partial charge in [-0.2, -0.15) is 0 Å². The molecule has 0 spiro atoms. The van der Waals surface area contributed by atoms with Crippen molar-refractivity contribution >= 4 is 29.9 Å². The Morgan fingerprint density at radius 1 is 1.27 bits per heavy atom. The Balaban J connectivity index is 0.00000176. The molecular formula is C16H28IN5. The summed E-state index contributed by atoms with van der Waals surface area (Å²) in [6, 6.07) is 0.583. The van der Waals surface area contributed by atoms with Crippen LogP contribution in [-0.4, -0.2) is 28.6 Å². The standard InChI is InChI=1S/C16H27N5.HI/c1-17-16(20-13-7-3-2-4-8-13)18-11-14-12-21-10-6-5-9-15(21)19-14;/h12-13H,2-11H2,1H3,(H2,17,18,20);1H. The number of aryl methyl sites for hydroxylation is 2. The van der Waals surface area contributed by atoms with Crippen molar-refractivity contribution < 1.29 is 0 Å². The second kappa shape index (κ2) is 8.74. The van der Waals surface area contributed by atoms with Gasteiger partial charge in [-0.05, 0) is 25.7 Å². The van der Waals surface area contributed by atoms with Crippen LogP contribution < -0.4 is 10.6 Å². The minimum Gasteiger partial charge on any atom is -0.354 e. The average molecular weight is 417 g/mol. The monoisotopic (exact) mass is 417 g/mol. The predicted octanol–water partition coefficient (Wildman–Crippen LogP) is 2.84. The van der Waals surface area contributed by atoms with Gasteiger partial charge in [0.15, 0.2) is 5.96 Å². The van der Waals surface area contributed by atoms with Crippen LogP contribution >= 0.6 is 24.0 Å². The molecule has 0 atom stereocenters. The van der Waals surface area contributed by atoms with E-state index in [4.69, 9.17) is 4.98 Å². The fourth-order valence-electron chi connectivity index (χ4n) is 3.37. The number of nitrogens with one attached hydrogen (secondary N) is 2. The molecule has 0 unspecified atom stereocenters. The third-order valence-corrected chi connectivity index (χ3v) is 4.57. The third-order valence-electron chi connectivity index (χ3n) is 4.57. The molecule has 1 aromatic heterocycles. The molecule has 1 saturated carbocycles. The van der Waals surface area contributed by atoms with E-state index in [1.54, 1.807) is 0 Å². The summed E-state index contributed by atoms with van der Waals surface area (Å²) in [5.74, 6) is 2.15. The lowest BCUT2D eigenvalue weighted by molar-refractivity contribution is 0.410. The van der Waals surface area contributed by atoms with Crippen molar-refractivity contribution in [2.24, 2.45) is 4.99 Å². The van der Waals surface area contributed by atoms with Crippen molar-refractivity contribution in [2.75, 3.05) is 7.05 Å². The SMILES string of the molecule is CN=C(NCc1cn2c(n1)CCCC2)NC1CCCCC1.I. The molecule has 0 saturated heterocycles. The lowest BCUT2D eigenvalue weighted by atomic mass is 9.96. The molecule has 1 fully saturated rings. The number of hydrogen-bond acceptors (Lipinski definition) is 2. The second-order valence-electron chi connectivity index (χ2n) is 6.20. The molecule has 3 rings (SSSR count). The van der Waals surface area contributed by atoms with E-state index in [2.05, 4.69) is 26.4 Å². The summed E-state index contributed by atoms with van der Waals surface area (Å²) < 4.78 is 2.30. The van der Waals surface area contributed by atoms with E-state index in [-0.39, 0.29) is 24.0 Å². The van der Waals surface area contributed by atoms with Crippen LogP contribution in [0.25, 0.3) is 0 Å². The van der Waals surface area contributed by atoms with Crippen molar-refractivity contribution in [1.82, 2.24) is 20.2 Å². The lowest BCUT2D eigenvalue weighted by Crippen LogP contribution is -2.43. The number of guanidine groups is 1. The van der Waals surface area contributed by atoms with Crippen molar-refractivity contribution in [3.63, 3.8) is 0 Å². The number of aromatic nitrogens is 2. The Morgan fingerprint density at radius 3 is 2.82 bits per heavy atom. The van der Waals surface area contributed by atoms with E-state index in [0.29, 0.717) is 6.04 Å². The number of nitrogens with zero attached hydrogens (tertiary/aromatic N) is 3. The summed E-state index contributed by atoms with van der Waals surface area (Å²) in [4.78, 5) is 9.06. The highest BCUT2D eigenvalue weighted by molar-refractivity contribution is 14.0. The molecular weight excluding hydrogens is 389 g/mol. The maximum atomic E-state index is 4.72. The maximum Gasteiger partial charge on any atom is 0.191 e. The molecule has 6 heteroatoms. The molecule has 2 aliphatic rings. The molecule has 5 nitrogen and oxygen atoms in total. The van der Waals surface area contributed by atoms with E-state index < -0.39 is 0 Å². The highest BCUT2D eigenvalue weighted by Gasteiger charge is 2.15. The molecule has 2 N–H and O–H groups in total. The van der Waals surface area contributed by atoms with Crippen molar-refractivity contribution in [3.8, 4) is 0 Å². The van der Waals surface area contributed by atoms with Gasteiger partial charge in [0.1, 0.15) is 5.82 Å². The smallest absolute Gasteiger partial charge is 0.191 e. The van der Waals surface area contributed by atoms with Gasteiger partial charge in [-0.25, -0.2) is 4.98 Å². The number of halogens is 1. The van der Waals surface area contributed by atoms with Crippen LogP contribution in [0.3, 0.4) is 0 Å². The van der Waals surface area contributed by atoms with Crippen LogP contribution in [0.5, 0.6) is 0 Å². The van der Waals surface area contributed by atoms with Crippen LogP contribution in [0.2, 0.25) is 0 Å². The van der Waals surface area contributed by atoms with Gasteiger partial charge in [-0.15, -0.1) is 24.0 Å². The van der Waals surface area contributed by atoms with E-state index in [1.165, 1.54) is 50.8 Å². The van der Waals surface area contributed by atoms with E-state index in [0.717, 1.165) is 31.2 Å². The van der Waals surface area contributed by atoms with Crippen molar-refractivity contribution in [1.29, 1.82) is 0 Å². The molecule has 2 heterocycles. The Morgan fingerprint density at radius 2 is 2.09 bits per heavy atom. The van der Waals surface area contributed by atoms with Gasteiger partial charge < -0.3 is 15.2 Å². The van der Waals surface area contributed by atoms with Crippen molar-refractivity contribution in [2.45, 2.75) is 70.5 Å². The largest absolute Gasteiger partial charge is 0.354 e. The molecule has 0 bridgehead atoms. The zero-order chi connectivity index (χ0) is 14.5. The van der Waals surface area contributed by atoms with Gasteiger partial charge in [0.25, 0.3) is 0 Å². The third kappa shape index (κ3) is 4.60. The summed E-state index contributed by atoms with van der Waals surface area (Å²) >= 11 is 0. The molecule has 1 aromatic rings. The second-order valence-corrected chi connectivity index (χ2v) is 6.20. The first kappa shape index (κ1) is 17.6. The summed E-state index contributed by atoms with van der Waals surface area (Å²) in [5.41, 5.74) is 1.12. The minimum atomic E-state index is 0. The molecule has 22 heavy (non-hydrogen) atoms. The first-order valence-electron chi connectivity index (χ1n) is 8.37. The topological polar surface area (TPSA) is 54.2 Å². The number of fused-ring (bicyclic) bond motifs is 1. The zero-order valence-corrected chi connectivity index (χ0v) is 15.8. The van der Waals surface area contributed by atoms with Crippen LogP contribution in [0, 0.1) is 0 Å². The first-order valence-corrected chi connectivity index (χ1v) is 8.37. The molecule has 1 aliphatic heterocycles. The van der Waals surface area contributed by atoms with Gasteiger partial charge >= 0.3 is 0 Å².